The molecule has 0 saturated heterocycles. The molecular formula is C15H22N2. The zero-order valence-corrected chi connectivity index (χ0v) is 10.4. The Morgan fingerprint density at radius 3 is 2.47 bits per heavy atom. The Morgan fingerprint density at radius 2 is 1.82 bits per heavy atom. The van der Waals surface area contributed by atoms with Crippen molar-refractivity contribution in [3.8, 4) is 0 Å². The molecule has 0 heterocycles. The molecule has 0 aliphatic heterocycles. The zero-order valence-electron chi connectivity index (χ0n) is 10.4. The lowest BCUT2D eigenvalue weighted by atomic mass is 9.50. The molecule has 92 valence electrons. The van der Waals surface area contributed by atoms with Gasteiger partial charge in [-0.15, -0.1) is 0 Å². The van der Waals surface area contributed by atoms with Crippen molar-refractivity contribution in [2.45, 2.75) is 38.3 Å². The number of hydrogen-bond acceptors (Lipinski definition) is 2. The lowest BCUT2D eigenvalue weighted by Gasteiger charge is -2.57. The summed E-state index contributed by atoms with van der Waals surface area (Å²) >= 11 is 0. The first-order chi connectivity index (χ1) is 8.26. The molecule has 17 heavy (non-hydrogen) atoms. The fourth-order valence-electron chi connectivity index (χ4n) is 3.71. The Bertz CT molecular complexity index is 360. The van der Waals surface area contributed by atoms with Gasteiger partial charge >= 0.3 is 0 Å². The van der Waals surface area contributed by atoms with E-state index in [2.05, 4.69) is 35.6 Å². The summed E-state index contributed by atoms with van der Waals surface area (Å²) < 4.78 is 0. The van der Waals surface area contributed by atoms with Crippen molar-refractivity contribution in [2.75, 3.05) is 6.54 Å². The second-order valence-corrected chi connectivity index (χ2v) is 6.06. The van der Waals surface area contributed by atoms with Crippen molar-refractivity contribution < 1.29 is 0 Å². The van der Waals surface area contributed by atoms with Crippen molar-refractivity contribution in [1.82, 2.24) is 5.32 Å². The second kappa shape index (κ2) is 4.43. The highest BCUT2D eigenvalue weighted by Crippen LogP contribution is 2.57. The van der Waals surface area contributed by atoms with Crippen LogP contribution in [0.4, 0.5) is 0 Å². The minimum Gasteiger partial charge on any atom is -0.328 e. The molecule has 0 radical (unpaired) electrons. The molecule has 1 aromatic carbocycles. The lowest BCUT2D eigenvalue weighted by Crippen LogP contribution is -2.54. The molecule has 0 amide bonds. The fourth-order valence-corrected chi connectivity index (χ4v) is 3.71. The normalized spacial score (nSPS) is 35.4. The van der Waals surface area contributed by atoms with Crippen LogP contribution in [0.5, 0.6) is 0 Å². The molecule has 3 rings (SSSR count). The van der Waals surface area contributed by atoms with E-state index in [1.807, 2.05) is 0 Å². The molecule has 0 bridgehead atoms. The SMILES string of the molecule is NC1CC2(C1)CC(CNCc1ccccc1)C2. The van der Waals surface area contributed by atoms with E-state index in [0.29, 0.717) is 11.5 Å². The molecule has 2 aliphatic rings. The van der Waals surface area contributed by atoms with Crippen molar-refractivity contribution >= 4 is 0 Å². The Morgan fingerprint density at radius 1 is 1.12 bits per heavy atom. The van der Waals surface area contributed by atoms with E-state index < -0.39 is 0 Å². The minimum atomic E-state index is 0.508. The van der Waals surface area contributed by atoms with E-state index in [-0.39, 0.29) is 0 Å². The molecular weight excluding hydrogens is 208 g/mol. The Balaban J connectivity index is 1.35. The summed E-state index contributed by atoms with van der Waals surface area (Å²) in [6.45, 7) is 2.18. The average molecular weight is 230 g/mol. The highest BCUT2D eigenvalue weighted by atomic mass is 14.9. The number of hydrogen-bond donors (Lipinski definition) is 2. The van der Waals surface area contributed by atoms with E-state index in [4.69, 9.17) is 5.73 Å². The van der Waals surface area contributed by atoms with E-state index in [9.17, 15) is 0 Å². The van der Waals surface area contributed by atoms with Gasteiger partial charge in [0.05, 0.1) is 0 Å². The Hall–Kier alpha value is -0.860. The summed E-state index contributed by atoms with van der Waals surface area (Å²) in [4.78, 5) is 0. The summed E-state index contributed by atoms with van der Waals surface area (Å²) in [7, 11) is 0. The molecule has 2 saturated carbocycles. The molecule has 0 atom stereocenters. The quantitative estimate of drug-likeness (QED) is 0.833. The van der Waals surface area contributed by atoms with Gasteiger partial charge in [-0.1, -0.05) is 30.3 Å². The van der Waals surface area contributed by atoms with Gasteiger partial charge in [-0.3, -0.25) is 0 Å². The van der Waals surface area contributed by atoms with E-state index in [1.165, 1.54) is 37.8 Å². The first-order valence-corrected chi connectivity index (χ1v) is 6.76. The molecule has 1 aromatic rings. The number of benzene rings is 1. The van der Waals surface area contributed by atoms with Gasteiger partial charge in [-0.2, -0.15) is 0 Å². The first kappa shape index (κ1) is 11.2. The maximum Gasteiger partial charge on any atom is 0.0205 e. The Kier molecular flexibility index (Phi) is 2.93. The highest BCUT2D eigenvalue weighted by Gasteiger charge is 2.51. The third kappa shape index (κ3) is 2.38. The summed E-state index contributed by atoms with van der Waals surface area (Å²) in [6.07, 6.45) is 5.37. The number of nitrogens with two attached hydrogens (primary N) is 1. The molecule has 2 nitrogen and oxygen atoms in total. The van der Waals surface area contributed by atoms with Crippen LogP contribution in [-0.4, -0.2) is 12.6 Å². The van der Waals surface area contributed by atoms with Crippen LogP contribution in [0.2, 0.25) is 0 Å². The number of nitrogens with one attached hydrogen (secondary N) is 1. The number of rotatable bonds is 4. The zero-order chi connectivity index (χ0) is 11.7. The summed E-state index contributed by atoms with van der Waals surface area (Å²) in [5.74, 6) is 0.895. The summed E-state index contributed by atoms with van der Waals surface area (Å²) in [5, 5.41) is 3.57. The second-order valence-electron chi connectivity index (χ2n) is 6.06. The smallest absolute Gasteiger partial charge is 0.0205 e. The van der Waals surface area contributed by atoms with E-state index in [1.54, 1.807) is 0 Å². The molecule has 2 aliphatic carbocycles. The predicted octanol–water partition coefficient (Wildman–Crippen LogP) is 2.29. The summed E-state index contributed by atoms with van der Waals surface area (Å²) in [5.41, 5.74) is 7.93. The minimum absolute atomic E-state index is 0.508. The van der Waals surface area contributed by atoms with Crippen LogP contribution in [-0.2, 0) is 6.54 Å². The van der Waals surface area contributed by atoms with Crippen molar-refractivity contribution in [3.05, 3.63) is 35.9 Å². The highest BCUT2D eigenvalue weighted by molar-refractivity contribution is 5.14. The lowest BCUT2D eigenvalue weighted by molar-refractivity contribution is -0.0380. The van der Waals surface area contributed by atoms with Crippen LogP contribution < -0.4 is 11.1 Å². The van der Waals surface area contributed by atoms with Gasteiger partial charge in [-0.25, -0.2) is 0 Å². The third-order valence-corrected chi connectivity index (χ3v) is 4.44. The van der Waals surface area contributed by atoms with Gasteiger partial charge in [0.1, 0.15) is 0 Å². The molecule has 0 unspecified atom stereocenters. The van der Waals surface area contributed by atoms with Gasteiger partial charge in [0.2, 0.25) is 0 Å². The largest absolute Gasteiger partial charge is 0.328 e. The van der Waals surface area contributed by atoms with E-state index in [0.717, 1.165) is 12.5 Å². The standard InChI is InChI=1S/C15H22N2/c16-14-8-15(9-14)6-13(7-15)11-17-10-12-4-2-1-3-5-12/h1-5,13-14,17H,6-11,16H2. The molecule has 0 aromatic heterocycles. The molecule has 2 heteroatoms. The van der Waals surface area contributed by atoms with Crippen LogP contribution in [0.15, 0.2) is 30.3 Å². The van der Waals surface area contributed by atoms with Crippen LogP contribution in [0.3, 0.4) is 0 Å². The van der Waals surface area contributed by atoms with Crippen molar-refractivity contribution in [3.63, 3.8) is 0 Å². The first-order valence-electron chi connectivity index (χ1n) is 6.76. The Labute approximate surface area is 104 Å². The summed E-state index contributed by atoms with van der Waals surface area (Å²) in [6, 6.07) is 11.1. The monoisotopic (exact) mass is 230 g/mol. The molecule has 2 fully saturated rings. The van der Waals surface area contributed by atoms with E-state index >= 15 is 0 Å². The van der Waals surface area contributed by atoms with Gasteiger partial charge in [0.15, 0.2) is 0 Å². The maximum atomic E-state index is 5.87. The third-order valence-electron chi connectivity index (χ3n) is 4.44. The van der Waals surface area contributed by atoms with Gasteiger partial charge in [0.25, 0.3) is 0 Å². The van der Waals surface area contributed by atoms with Crippen LogP contribution in [0, 0.1) is 11.3 Å². The molecule has 1 spiro atoms. The van der Waals surface area contributed by atoms with Gasteiger partial charge in [0, 0.05) is 12.6 Å². The van der Waals surface area contributed by atoms with Crippen LogP contribution in [0.25, 0.3) is 0 Å². The average Bonchev–Trinajstić information content (AvgIpc) is 2.25. The van der Waals surface area contributed by atoms with Gasteiger partial charge in [-0.05, 0) is 49.1 Å². The maximum absolute atomic E-state index is 5.87. The van der Waals surface area contributed by atoms with Crippen LogP contribution in [0.1, 0.15) is 31.2 Å². The van der Waals surface area contributed by atoms with Crippen LogP contribution >= 0.6 is 0 Å². The fraction of sp³-hybridized carbons (Fsp3) is 0.600. The predicted molar refractivity (Wildman–Crippen MR) is 70.5 cm³/mol. The van der Waals surface area contributed by atoms with Crippen molar-refractivity contribution in [1.29, 1.82) is 0 Å². The topological polar surface area (TPSA) is 38.0 Å². The van der Waals surface area contributed by atoms with Gasteiger partial charge < -0.3 is 11.1 Å². The molecule has 3 N–H and O–H groups in total. The van der Waals surface area contributed by atoms with Crippen molar-refractivity contribution in [2.24, 2.45) is 17.1 Å².